The summed E-state index contributed by atoms with van der Waals surface area (Å²) in [5.41, 5.74) is -1.95. The lowest BCUT2D eigenvalue weighted by Crippen LogP contribution is -2.29. The van der Waals surface area contributed by atoms with Crippen LogP contribution in [-0.4, -0.2) is 18.9 Å². The quantitative estimate of drug-likeness (QED) is 0.409. The number of halogens is 5. The molecule has 0 atom stereocenters. The molecule has 4 rings (SSSR count). The molecular weight excluding hydrogens is 448 g/mol. The van der Waals surface area contributed by atoms with E-state index in [1.54, 1.807) is 4.68 Å². The summed E-state index contributed by atoms with van der Waals surface area (Å²) >= 11 is 11.3. The van der Waals surface area contributed by atoms with Gasteiger partial charge in [0.25, 0.3) is 0 Å². The van der Waals surface area contributed by atoms with Gasteiger partial charge in [-0.2, -0.15) is 13.2 Å². The maximum atomic E-state index is 14.7. The zero-order valence-corrected chi connectivity index (χ0v) is 16.7. The molecule has 1 aliphatic rings. The lowest BCUT2D eigenvalue weighted by molar-refractivity contribution is -0.138. The number of hydrogen-bond acceptors (Lipinski definition) is 4. The van der Waals surface area contributed by atoms with Crippen LogP contribution in [0.25, 0.3) is 5.69 Å². The summed E-state index contributed by atoms with van der Waals surface area (Å²) in [5.74, 6) is -1.92. The number of benzene rings is 1. The summed E-state index contributed by atoms with van der Waals surface area (Å²) in [6, 6.07) is 3.80. The highest BCUT2D eigenvalue weighted by molar-refractivity contribution is 7.71. The lowest BCUT2D eigenvalue weighted by atomic mass is 10.2. The lowest BCUT2D eigenvalue weighted by Gasteiger charge is -2.14. The van der Waals surface area contributed by atoms with E-state index in [-0.39, 0.29) is 21.2 Å². The molecule has 0 fully saturated rings. The fourth-order valence-corrected chi connectivity index (χ4v) is 3.80. The highest BCUT2D eigenvalue weighted by atomic mass is 35.5. The summed E-state index contributed by atoms with van der Waals surface area (Å²) in [7, 11) is 0. The minimum Gasteiger partial charge on any atom is -0.437 e. The van der Waals surface area contributed by atoms with Crippen molar-refractivity contribution in [3.05, 3.63) is 62.1 Å². The van der Waals surface area contributed by atoms with Crippen molar-refractivity contribution in [2.75, 3.05) is 0 Å². The van der Waals surface area contributed by atoms with E-state index in [2.05, 4.69) is 4.98 Å². The van der Waals surface area contributed by atoms with E-state index in [1.165, 1.54) is 4.68 Å². The normalized spacial score (nSPS) is 13.9. The van der Waals surface area contributed by atoms with Crippen molar-refractivity contribution in [2.45, 2.75) is 32.1 Å². The van der Waals surface area contributed by atoms with Crippen LogP contribution < -0.4 is 10.4 Å². The maximum Gasteiger partial charge on any atom is 0.421 e. The Morgan fingerprint density at radius 3 is 2.53 bits per heavy atom. The average molecular weight is 461 g/mol. The van der Waals surface area contributed by atoms with Crippen LogP contribution in [0.4, 0.5) is 17.6 Å². The van der Waals surface area contributed by atoms with E-state index in [9.17, 15) is 22.4 Å². The molecule has 0 radical (unpaired) electrons. The number of rotatable bonds is 3. The van der Waals surface area contributed by atoms with Crippen molar-refractivity contribution in [1.82, 2.24) is 18.9 Å². The van der Waals surface area contributed by atoms with E-state index in [1.807, 2.05) is 0 Å². The molecule has 0 N–H and O–H groups in total. The predicted molar refractivity (Wildman–Crippen MR) is 102 cm³/mol. The van der Waals surface area contributed by atoms with E-state index in [4.69, 9.17) is 28.6 Å². The van der Waals surface area contributed by atoms with Gasteiger partial charge in [-0.25, -0.2) is 23.4 Å². The van der Waals surface area contributed by atoms with Crippen molar-refractivity contribution in [1.29, 1.82) is 0 Å². The van der Waals surface area contributed by atoms with Gasteiger partial charge in [0.15, 0.2) is 0 Å². The van der Waals surface area contributed by atoms with E-state index in [0.717, 1.165) is 47.9 Å². The van der Waals surface area contributed by atoms with Gasteiger partial charge in [-0.3, -0.25) is 4.68 Å². The molecule has 3 aromatic rings. The second kappa shape index (κ2) is 7.55. The summed E-state index contributed by atoms with van der Waals surface area (Å²) in [6.45, 7) is 0.930. The van der Waals surface area contributed by atoms with Gasteiger partial charge in [0.2, 0.25) is 10.7 Å². The monoisotopic (exact) mass is 460 g/mol. The Morgan fingerprint density at radius 2 is 1.87 bits per heavy atom. The van der Waals surface area contributed by atoms with Crippen LogP contribution in [0.2, 0.25) is 5.02 Å². The van der Waals surface area contributed by atoms with E-state index < -0.39 is 29.1 Å². The van der Waals surface area contributed by atoms with Crippen LogP contribution in [-0.2, 0) is 19.3 Å². The molecule has 2 aromatic heterocycles. The Morgan fingerprint density at radius 1 is 1.17 bits per heavy atom. The minimum atomic E-state index is -4.72. The Kier molecular flexibility index (Phi) is 5.18. The van der Waals surface area contributed by atoms with Crippen molar-refractivity contribution in [2.24, 2.45) is 0 Å². The molecule has 0 spiro atoms. The molecule has 6 nitrogen and oxygen atoms in total. The van der Waals surface area contributed by atoms with Crippen molar-refractivity contribution >= 4 is 23.8 Å². The fourth-order valence-electron chi connectivity index (χ4n) is 3.24. The zero-order chi connectivity index (χ0) is 21.6. The molecule has 0 saturated carbocycles. The van der Waals surface area contributed by atoms with E-state index >= 15 is 0 Å². The summed E-state index contributed by atoms with van der Waals surface area (Å²) < 4.78 is 63.6. The van der Waals surface area contributed by atoms with Crippen LogP contribution in [0.5, 0.6) is 11.6 Å². The average Bonchev–Trinajstić information content (AvgIpc) is 2.95. The van der Waals surface area contributed by atoms with Crippen LogP contribution >= 0.6 is 23.8 Å². The van der Waals surface area contributed by atoms with Crippen LogP contribution in [0.15, 0.2) is 35.3 Å². The summed E-state index contributed by atoms with van der Waals surface area (Å²) in [4.78, 5) is 16.4. The van der Waals surface area contributed by atoms with Crippen molar-refractivity contribution in [3.8, 4) is 17.3 Å². The van der Waals surface area contributed by atoms with Gasteiger partial charge in [-0.1, -0.05) is 11.6 Å². The van der Waals surface area contributed by atoms with Gasteiger partial charge in [-0.15, -0.1) is 0 Å². The Bertz CT molecular complexity index is 1210. The molecular formula is C18H13ClF4N4O2S. The number of aromatic nitrogens is 4. The second-order valence-electron chi connectivity index (χ2n) is 6.54. The SMILES string of the molecule is O=c1n(-c2cc(Oc3ncccc3C(F)(F)F)c(Cl)cc2F)c(=S)n2n1CCCC2. The first-order valence-corrected chi connectivity index (χ1v) is 9.59. The minimum absolute atomic E-state index is 0.0701. The standard InChI is InChI=1S/C18H13ClF4N4O2S/c19-11-8-12(20)13(27-16(28)25-6-1-2-7-26(25)17(27)30)9-14(11)29-15-10(18(21,22)23)4-3-5-24-15/h3-5,8-9H,1-2,6-7H2. The third kappa shape index (κ3) is 3.52. The largest absolute Gasteiger partial charge is 0.437 e. The molecule has 0 amide bonds. The van der Waals surface area contributed by atoms with Gasteiger partial charge in [0.05, 0.1) is 10.7 Å². The predicted octanol–water partition coefficient (Wildman–Crippen LogP) is 4.96. The molecule has 1 aliphatic heterocycles. The van der Waals surface area contributed by atoms with Crippen LogP contribution in [0, 0.1) is 10.6 Å². The molecule has 158 valence electrons. The first-order chi connectivity index (χ1) is 14.2. The third-order valence-corrected chi connectivity index (χ3v) is 5.32. The first-order valence-electron chi connectivity index (χ1n) is 8.80. The highest BCUT2D eigenvalue weighted by Gasteiger charge is 2.35. The summed E-state index contributed by atoms with van der Waals surface area (Å²) in [6.07, 6.45) is -2.01. The van der Waals surface area contributed by atoms with Crippen LogP contribution in [0.3, 0.4) is 0 Å². The molecule has 3 heterocycles. The number of pyridine rings is 1. The molecule has 30 heavy (non-hydrogen) atoms. The van der Waals surface area contributed by atoms with Gasteiger partial charge < -0.3 is 4.74 Å². The number of fused-ring (bicyclic) bond motifs is 1. The topological polar surface area (TPSA) is 54.0 Å². The Balaban J connectivity index is 1.84. The van der Waals surface area contributed by atoms with Gasteiger partial charge >= 0.3 is 11.9 Å². The molecule has 12 heteroatoms. The molecule has 0 saturated heterocycles. The highest BCUT2D eigenvalue weighted by Crippen LogP contribution is 2.39. The fraction of sp³-hybridized carbons (Fsp3) is 0.278. The van der Waals surface area contributed by atoms with Crippen molar-refractivity contribution in [3.63, 3.8) is 0 Å². The number of ether oxygens (including phenoxy) is 1. The smallest absolute Gasteiger partial charge is 0.421 e. The summed E-state index contributed by atoms with van der Waals surface area (Å²) in [5, 5.41) is -0.286. The van der Waals surface area contributed by atoms with Crippen LogP contribution in [0.1, 0.15) is 18.4 Å². The number of hydrogen-bond donors (Lipinski definition) is 0. The van der Waals surface area contributed by atoms with Gasteiger partial charge in [0.1, 0.15) is 17.1 Å². The molecule has 0 aliphatic carbocycles. The zero-order valence-electron chi connectivity index (χ0n) is 15.1. The number of nitrogens with zero attached hydrogens (tertiary/aromatic N) is 4. The maximum absolute atomic E-state index is 14.7. The molecule has 1 aromatic carbocycles. The molecule has 0 bridgehead atoms. The third-order valence-electron chi connectivity index (χ3n) is 4.63. The Hall–Kier alpha value is -2.66. The van der Waals surface area contributed by atoms with Crippen molar-refractivity contribution < 1.29 is 22.3 Å². The molecule has 0 unspecified atom stereocenters. The van der Waals surface area contributed by atoms with E-state index in [0.29, 0.717) is 13.1 Å². The Labute approximate surface area is 176 Å². The first kappa shape index (κ1) is 20.6. The number of alkyl halides is 3. The van der Waals surface area contributed by atoms with Gasteiger partial charge in [-0.05, 0) is 43.3 Å². The van der Waals surface area contributed by atoms with Gasteiger partial charge in [0, 0.05) is 25.4 Å². The second-order valence-corrected chi connectivity index (χ2v) is 7.32.